The summed E-state index contributed by atoms with van der Waals surface area (Å²) in [5.74, 6) is 3.23. The number of nitrogens with one attached hydrogen (secondary N) is 1. The number of aromatic nitrogens is 4. The Morgan fingerprint density at radius 2 is 1.93 bits per heavy atom. The first-order chi connectivity index (χ1) is 13.0. The highest BCUT2D eigenvalue weighted by Crippen LogP contribution is 2.30. The molecule has 2 aromatic rings. The van der Waals surface area contributed by atoms with Crippen molar-refractivity contribution in [1.82, 2.24) is 30.0 Å². The van der Waals surface area contributed by atoms with Crippen molar-refractivity contribution in [2.24, 2.45) is 5.92 Å². The standard InChI is InChI=1S/C19H28N6OS.2ClH/c1-12(2)10-16-21-13(3)17(27-16)19(26)24-7-4-14(5-8-24)18-23-22-15-11-20-6-9-25(15)18;;/h12,14,20H,4-11H2,1-3H3;2*1H. The summed E-state index contributed by atoms with van der Waals surface area (Å²) in [6, 6.07) is 0. The first-order valence-corrected chi connectivity index (χ1v) is 10.7. The van der Waals surface area contributed by atoms with Gasteiger partial charge in [-0.2, -0.15) is 0 Å². The third kappa shape index (κ3) is 5.10. The highest BCUT2D eigenvalue weighted by atomic mass is 35.5. The van der Waals surface area contributed by atoms with Crippen molar-refractivity contribution in [3.05, 3.63) is 27.2 Å². The topological polar surface area (TPSA) is 75.9 Å². The van der Waals surface area contributed by atoms with E-state index in [0.29, 0.717) is 11.8 Å². The minimum atomic E-state index is 0. The Labute approximate surface area is 188 Å². The Hall–Kier alpha value is -1.22. The normalized spacial score (nSPS) is 16.9. The number of piperidine rings is 1. The molecule has 4 heterocycles. The predicted molar refractivity (Wildman–Crippen MR) is 119 cm³/mol. The summed E-state index contributed by atoms with van der Waals surface area (Å²) in [5.41, 5.74) is 0.877. The Kier molecular flexibility index (Phi) is 8.46. The molecule has 1 fully saturated rings. The molecule has 0 aliphatic carbocycles. The number of carbonyl (C=O) groups is 1. The van der Waals surface area contributed by atoms with Crippen LogP contribution in [0.4, 0.5) is 0 Å². The lowest BCUT2D eigenvalue weighted by Gasteiger charge is -2.32. The van der Waals surface area contributed by atoms with Crippen LogP contribution in [0.25, 0.3) is 0 Å². The summed E-state index contributed by atoms with van der Waals surface area (Å²) in [6.45, 7) is 10.6. The number of thiazole rings is 1. The average Bonchev–Trinajstić information content (AvgIpc) is 3.24. The molecule has 0 unspecified atom stereocenters. The highest BCUT2D eigenvalue weighted by molar-refractivity contribution is 7.13. The number of halogens is 2. The van der Waals surface area contributed by atoms with E-state index < -0.39 is 0 Å². The van der Waals surface area contributed by atoms with E-state index in [9.17, 15) is 4.79 Å². The quantitative estimate of drug-likeness (QED) is 0.757. The Morgan fingerprint density at radius 3 is 2.62 bits per heavy atom. The SMILES string of the molecule is Cc1nc(CC(C)C)sc1C(=O)N1CCC(c2nnc3n2CCNC3)CC1.Cl.Cl. The highest BCUT2D eigenvalue weighted by Gasteiger charge is 2.30. The van der Waals surface area contributed by atoms with Gasteiger partial charge in [0.1, 0.15) is 16.5 Å². The van der Waals surface area contributed by atoms with E-state index in [0.717, 1.165) is 79.2 Å². The minimum Gasteiger partial charge on any atom is -0.338 e. The van der Waals surface area contributed by atoms with Crippen molar-refractivity contribution in [2.45, 2.75) is 59.0 Å². The molecular formula is C19H30Cl2N6OS. The Bertz CT molecular complexity index is 829. The van der Waals surface area contributed by atoms with Crippen LogP contribution in [0.2, 0.25) is 0 Å². The molecule has 1 saturated heterocycles. The summed E-state index contributed by atoms with van der Waals surface area (Å²) in [4.78, 5) is 20.4. The molecular weight excluding hydrogens is 431 g/mol. The first kappa shape index (κ1) is 24.1. The summed E-state index contributed by atoms with van der Waals surface area (Å²) >= 11 is 1.57. The molecule has 0 bridgehead atoms. The monoisotopic (exact) mass is 460 g/mol. The molecule has 10 heteroatoms. The van der Waals surface area contributed by atoms with Gasteiger partial charge in [0.15, 0.2) is 0 Å². The van der Waals surface area contributed by atoms with Crippen LogP contribution < -0.4 is 5.32 Å². The van der Waals surface area contributed by atoms with Gasteiger partial charge in [-0.25, -0.2) is 4.98 Å². The lowest BCUT2D eigenvalue weighted by molar-refractivity contribution is 0.0714. The molecule has 1 N–H and O–H groups in total. The second-order valence-corrected chi connectivity index (χ2v) is 9.07. The second-order valence-electron chi connectivity index (χ2n) is 7.99. The maximum absolute atomic E-state index is 13.0. The molecule has 1 amide bonds. The van der Waals surface area contributed by atoms with Crippen LogP contribution in [0.1, 0.15) is 64.6 Å². The van der Waals surface area contributed by atoms with Gasteiger partial charge < -0.3 is 14.8 Å². The van der Waals surface area contributed by atoms with Crippen LogP contribution in [-0.2, 0) is 19.5 Å². The van der Waals surface area contributed by atoms with Crippen LogP contribution in [0.3, 0.4) is 0 Å². The van der Waals surface area contributed by atoms with E-state index in [4.69, 9.17) is 0 Å². The van der Waals surface area contributed by atoms with Gasteiger partial charge in [-0.05, 0) is 25.7 Å². The van der Waals surface area contributed by atoms with E-state index in [2.05, 4.69) is 38.9 Å². The number of carbonyl (C=O) groups excluding carboxylic acids is 1. The lowest BCUT2D eigenvalue weighted by Crippen LogP contribution is -2.38. The van der Waals surface area contributed by atoms with Crippen LogP contribution in [0, 0.1) is 12.8 Å². The number of nitrogens with zero attached hydrogens (tertiary/aromatic N) is 5. The van der Waals surface area contributed by atoms with Crippen molar-refractivity contribution in [3.63, 3.8) is 0 Å². The molecule has 7 nitrogen and oxygen atoms in total. The number of hydrogen-bond donors (Lipinski definition) is 1. The minimum absolute atomic E-state index is 0. The number of hydrogen-bond acceptors (Lipinski definition) is 6. The lowest BCUT2D eigenvalue weighted by atomic mass is 9.95. The number of rotatable bonds is 4. The predicted octanol–water partition coefficient (Wildman–Crippen LogP) is 3.21. The molecule has 0 spiro atoms. The molecule has 2 aliphatic rings. The van der Waals surface area contributed by atoms with E-state index in [1.807, 2.05) is 11.8 Å². The molecule has 0 saturated carbocycles. The van der Waals surface area contributed by atoms with Gasteiger partial charge in [0.25, 0.3) is 5.91 Å². The average molecular weight is 461 g/mol. The van der Waals surface area contributed by atoms with Gasteiger partial charge in [0, 0.05) is 38.5 Å². The van der Waals surface area contributed by atoms with E-state index >= 15 is 0 Å². The fraction of sp³-hybridized carbons (Fsp3) is 0.684. The molecule has 0 radical (unpaired) electrons. The van der Waals surface area contributed by atoms with Gasteiger partial charge in [-0.15, -0.1) is 46.3 Å². The van der Waals surface area contributed by atoms with Crippen LogP contribution >= 0.6 is 36.2 Å². The van der Waals surface area contributed by atoms with Crippen molar-refractivity contribution in [2.75, 3.05) is 19.6 Å². The molecule has 162 valence electrons. The van der Waals surface area contributed by atoms with E-state index in [-0.39, 0.29) is 30.7 Å². The number of aryl methyl sites for hydroxylation is 1. The van der Waals surface area contributed by atoms with Crippen LogP contribution in [0.5, 0.6) is 0 Å². The summed E-state index contributed by atoms with van der Waals surface area (Å²) in [5, 5.41) is 13.2. The third-order valence-corrected chi connectivity index (χ3v) is 6.58. The second kappa shape index (κ2) is 10.2. The van der Waals surface area contributed by atoms with Crippen molar-refractivity contribution in [3.8, 4) is 0 Å². The van der Waals surface area contributed by atoms with Gasteiger partial charge in [0.05, 0.1) is 17.2 Å². The van der Waals surface area contributed by atoms with Gasteiger partial charge >= 0.3 is 0 Å². The Balaban J connectivity index is 0.00000150. The van der Waals surface area contributed by atoms with Gasteiger partial charge in [0.2, 0.25) is 0 Å². The molecule has 0 atom stereocenters. The zero-order chi connectivity index (χ0) is 19.0. The first-order valence-electron chi connectivity index (χ1n) is 9.91. The van der Waals surface area contributed by atoms with Crippen molar-refractivity contribution in [1.29, 1.82) is 0 Å². The van der Waals surface area contributed by atoms with Crippen molar-refractivity contribution >= 4 is 42.1 Å². The third-order valence-electron chi connectivity index (χ3n) is 5.42. The number of fused-ring (bicyclic) bond motifs is 1. The zero-order valence-corrected chi connectivity index (χ0v) is 19.6. The van der Waals surface area contributed by atoms with Gasteiger partial charge in [-0.3, -0.25) is 4.79 Å². The molecule has 2 aromatic heterocycles. The van der Waals surface area contributed by atoms with Gasteiger partial charge in [-0.1, -0.05) is 13.8 Å². The van der Waals surface area contributed by atoms with Crippen LogP contribution in [-0.4, -0.2) is 50.2 Å². The van der Waals surface area contributed by atoms with Crippen molar-refractivity contribution < 1.29 is 4.79 Å². The largest absolute Gasteiger partial charge is 0.338 e. The smallest absolute Gasteiger partial charge is 0.265 e. The summed E-state index contributed by atoms with van der Waals surface area (Å²) < 4.78 is 2.27. The Morgan fingerprint density at radius 1 is 1.21 bits per heavy atom. The summed E-state index contributed by atoms with van der Waals surface area (Å²) in [7, 11) is 0. The maximum atomic E-state index is 13.0. The number of amides is 1. The summed E-state index contributed by atoms with van der Waals surface area (Å²) in [6.07, 6.45) is 2.84. The maximum Gasteiger partial charge on any atom is 0.265 e. The zero-order valence-electron chi connectivity index (χ0n) is 17.2. The van der Waals surface area contributed by atoms with E-state index in [1.165, 1.54) is 0 Å². The van der Waals surface area contributed by atoms with E-state index in [1.54, 1.807) is 11.3 Å². The fourth-order valence-electron chi connectivity index (χ4n) is 3.99. The molecule has 29 heavy (non-hydrogen) atoms. The molecule has 0 aromatic carbocycles. The number of likely N-dealkylation sites (tertiary alicyclic amines) is 1. The fourth-order valence-corrected chi connectivity index (χ4v) is 5.23. The molecule has 2 aliphatic heterocycles. The van der Waals surface area contributed by atoms with Crippen LogP contribution in [0.15, 0.2) is 0 Å². The molecule has 4 rings (SSSR count).